The van der Waals surface area contributed by atoms with Gasteiger partial charge in [0.05, 0.1) is 12.1 Å². The second kappa shape index (κ2) is 5.47. The molecule has 0 saturated heterocycles. The molecular weight excluding hydrogens is 214 g/mol. The fourth-order valence-corrected chi connectivity index (χ4v) is 1.93. The van der Waals surface area contributed by atoms with Gasteiger partial charge < -0.3 is 16.2 Å². The second-order valence-electron chi connectivity index (χ2n) is 5.27. The molecule has 17 heavy (non-hydrogen) atoms. The van der Waals surface area contributed by atoms with E-state index in [1.54, 1.807) is 18.5 Å². The third-order valence-electron chi connectivity index (χ3n) is 2.77. The van der Waals surface area contributed by atoms with Crippen molar-refractivity contribution in [2.45, 2.75) is 39.8 Å². The molecule has 0 saturated carbocycles. The van der Waals surface area contributed by atoms with Crippen LogP contribution in [0.2, 0.25) is 0 Å². The highest BCUT2D eigenvalue weighted by atomic mass is 16.5. The maximum Gasteiger partial charge on any atom is 0.0816 e. The number of hydrogen-bond acceptors (Lipinski definition) is 4. The molecule has 0 fully saturated rings. The number of anilines is 1. The number of aromatic nitrogens is 1. The molecule has 1 heterocycles. The first-order valence-electron chi connectivity index (χ1n) is 5.94. The molecule has 0 aliphatic carbocycles. The lowest BCUT2D eigenvalue weighted by atomic mass is 9.82. The van der Waals surface area contributed by atoms with Gasteiger partial charge in [0, 0.05) is 30.3 Å². The first kappa shape index (κ1) is 13.9. The lowest BCUT2D eigenvalue weighted by Crippen LogP contribution is -2.39. The summed E-state index contributed by atoms with van der Waals surface area (Å²) in [4.78, 5) is 4.08. The smallest absolute Gasteiger partial charge is 0.0816 e. The van der Waals surface area contributed by atoms with E-state index in [9.17, 15) is 0 Å². The molecule has 0 bridgehead atoms. The summed E-state index contributed by atoms with van der Waals surface area (Å²) < 4.78 is 5.77. The molecule has 0 amide bonds. The lowest BCUT2D eigenvalue weighted by molar-refractivity contribution is -0.0282. The second-order valence-corrected chi connectivity index (χ2v) is 5.27. The molecule has 4 heteroatoms. The number of ether oxygens (including phenoxy) is 1. The van der Waals surface area contributed by atoms with Crippen molar-refractivity contribution >= 4 is 5.69 Å². The van der Waals surface area contributed by atoms with Crippen molar-refractivity contribution in [2.24, 2.45) is 11.1 Å². The van der Waals surface area contributed by atoms with E-state index in [4.69, 9.17) is 16.2 Å². The summed E-state index contributed by atoms with van der Waals surface area (Å²) in [5, 5.41) is 0. The van der Waals surface area contributed by atoms with Gasteiger partial charge in [-0.15, -0.1) is 0 Å². The fourth-order valence-electron chi connectivity index (χ4n) is 1.93. The Bertz CT molecular complexity index is 360. The molecule has 1 aromatic heterocycles. The zero-order valence-corrected chi connectivity index (χ0v) is 11.1. The standard InChI is InChI=1S/C13H23N3O/c1-5-17-12(13(2,3)4)11(15)9-8-16-7-6-10(9)14/h6-8,11-12H,5,15H2,1-4H3,(H2,14,16). The Kier molecular flexibility index (Phi) is 4.48. The molecule has 0 radical (unpaired) electrons. The molecule has 0 spiro atoms. The summed E-state index contributed by atoms with van der Waals surface area (Å²) in [5.41, 5.74) is 13.7. The van der Waals surface area contributed by atoms with Gasteiger partial charge in [0.25, 0.3) is 0 Å². The molecule has 1 aromatic rings. The molecule has 0 aliphatic rings. The number of nitrogens with two attached hydrogens (primary N) is 2. The maximum atomic E-state index is 6.27. The number of hydrogen-bond donors (Lipinski definition) is 2. The van der Waals surface area contributed by atoms with Crippen molar-refractivity contribution in [3.05, 3.63) is 24.0 Å². The van der Waals surface area contributed by atoms with Crippen LogP contribution in [0.4, 0.5) is 5.69 Å². The van der Waals surface area contributed by atoms with Gasteiger partial charge in [0.2, 0.25) is 0 Å². The Morgan fingerprint density at radius 1 is 1.41 bits per heavy atom. The van der Waals surface area contributed by atoms with E-state index in [1.807, 2.05) is 6.92 Å². The van der Waals surface area contributed by atoms with Crippen LogP contribution in [0, 0.1) is 5.41 Å². The number of rotatable bonds is 4. The molecular formula is C13H23N3O. The third-order valence-corrected chi connectivity index (χ3v) is 2.77. The van der Waals surface area contributed by atoms with Crippen LogP contribution in [0.5, 0.6) is 0 Å². The van der Waals surface area contributed by atoms with Crippen LogP contribution in [0.3, 0.4) is 0 Å². The monoisotopic (exact) mass is 237 g/mol. The van der Waals surface area contributed by atoms with E-state index in [-0.39, 0.29) is 17.6 Å². The van der Waals surface area contributed by atoms with Crippen LogP contribution < -0.4 is 11.5 Å². The van der Waals surface area contributed by atoms with Crippen molar-refractivity contribution in [1.82, 2.24) is 4.98 Å². The molecule has 1 rings (SSSR count). The normalized spacial score (nSPS) is 15.6. The van der Waals surface area contributed by atoms with Gasteiger partial charge in [-0.2, -0.15) is 0 Å². The van der Waals surface area contributed by atoms with Gasteiger partial charge in [-0.3, -0.25) is 4.98 Å². The van der Waals surface area contributed by atoms with E-state index in [1.165, 1.54) is 0 Å². The number of nitrogen functional groups attached to an aromatic ring is 1. The van der Waals surface area contributed by atoms with Crippen LogP contribution in [0.25, 0.3) is 0 Å². The topological polar surface area (TPSA) is 74.2 Å². The van der Waals surface area contributed by atoms with E-state index in [2.05, 4.69) is 25.8 Å². The Morgan fingerprint density at radius 3 is 2.53 bits per heavy atom. The largest absolute Gasteiger partial charge is 0.398 e. The SMILES string of the molecule is CCOC(C(N)c1cnccc1N)C(C)(C)C. The van der Waals surface area contributed by atoms with Gasteiger partial charge in [0.15, 0.2) is 0 Å². The molecule has 96 valence electrons. The summed E-state index contributed by atoms with van der Waals surface area (Å²) >= 11 is 0. The summed E-state index contributed by atoms with van der Waals surface area (Å²) in [7, 11) is 0. The van der Waals surface area contributed by atoms with E-state index >= 15 is 0 Å². The zero-order chi connectivity index (χ0) is 13.1. The molecule has 4 nitrogen and oxygen atoms in total. The lowest BCUT2D eigenvalue weighted by Gasteiger charge is -2.35. The van der Waals surface area contributed by atoms with Crippen molar-refractivity contribution in [1.29, 1.82) is 0 Å². The van der Waals surface area contributed by atoms with Crippen LogP contribution in [-0.2, 0) is 4.74 Å². The minimum atomic E-state index is -0.261. The van der Waals surface area contributed by atoms with Crippen molar-refractivity contribution in [2.75, 3.05) is 12.3 Å². The summed E-state index contributed by atoms with van der Waals surface area (Å²) in [6, 6.07) is 1.50. The van der Waals surface area contributed by atoms with Crippen LogP contribution in [0.1, 0.15) is 39.3 Å². The van der Waals surface area contributed by atoms with Crippen LogP contribution in [0.15, 0.2) is 18.5 Å². The highest BCUT2D eigenvalue weighted by molar-refractivity contribution is 5.46. The van der Waals surface area contributed by atoms with Gasteiger partial charge in [0.1, 0.15) is 0 Å². The Hall–Kier alpha value is -1.13. The minimum Gasteiger partial charge on any atom is -0.398 e. The quantitative estimate of drug-likeness (QED) is 0.841. The number of nitrogens with zero attached hydrogens (tertiary/aromatic N) is 1. The Morgan fingerprint density at radius 2 is 2.06 bits per heavy atom. The Labute approximate surface area is 103 Å². The molecule has 0 aliphatic heterocycles. The van der Waals surface area contributed by atoms with E-state index in [0.717, 1.165) is 5.56 Å². The van der Waals surface area contributed by atoms with Crippen molar-refractivity contribution in [3.8, 4) is 0 Å². The summed E-state index contributed by atoms with van der Waals surface area (Å²) in [6.45, 7) is 8.94. The Balaban J connectivity index is 3.00. The highest BCUT2D eigenvalue weighted by Crippen LogP contribution is 2.32. The van der Waals surface area contributed by atoms with Crippen molar-refractivity contribution in [3.63, 3.8) is 0 Å². The predicted octanol–water partition coefficient (Wildman–Crippen LogP) is 2.11. The van der Waals surface area contributed by atoms with E-state index < -0.39 is 0 Å². The van der Waals surface area contributed by atoms with Gasteiger partial charge in [-0.25, -0.2) is 0 Å². The van der Waals surface area contributed by atoms with Crippen molar-refractivity contribution < 1.29 is 4.74 Å². The van der Waals surface area contributed by atoms with E-state index in [0.29, 0.717) is 12.3 Å². The average Bonchev–Trinajstić information content (AvgIpc) is 2.24. The first-order chi connectivity index (χ1) is 7.88. The predicted molar refractivity (Wildman–Crippen MR) is 70.4 cm³/mol. The van der Waals surface area contributed by atoms with Crippen LogP contribution >= 0.6 is 0 Å². The number of pyridine rings is 1. The third kappa shape index (κ3) is 3.41. The fraction of sp³-hybridized carbons (Fsp3) is 0.615. The average molecular weight is 237 g/mol. The highest BCUT2D eigenvalue weighted by Gasteiger charge is 2.32. The molecule has 4 N–H and O–H groups in total. The van der Waals surface area contributed by atoms with Crippen LogP contribution in [-0.4, -0.2) is 17.7 Å². The summed E-state index contributed by atoms with van der Waals surface area (Å²) in [5.74, 6) is 0. The molecule has 2 atom stereocenters. The van der Waals surface area contributed by atoms with Gasteiger partial charge in [-0.05, 0) is 18.4 Å². The summed E-state index contributed by atoms with van der Waals surface area (Å²) in [6.07, 6.45) is 3.30. The first-order valence-corrected chi connectivity index (χ1v) is 5.94. The zero-order valence-electron chi connectivity index (χ0n) is 11.1. The van der Waals surface area contributed by atoms with Gasteiger partial charge >= 0.3 is 0 Å². The van der Waals surface area contributed by atoms with Gasteiger partial charge in [-0.1, -0.05) is 20.8 Å². The molecule has 0 aromatic carbocycles. The minimum absolute atomic E-state index is 0.0439. The molecule has 2 unspecified atom stereocenters. The maximum absolute atomic E-state index is 6.27.